The van der Waals surface area contributed by atoms with Crippen molar-refractivity contribution in [2.45, 2.75) is 6.54 Å². The van der Waals surface area contributed by atoms with E-state index in [4.69, 9.17) is 15.2 Å². The van der Waals surface area contributed by atoms with E-state index in [0.29, 0.717) is 6.54 Å². The van der Waals surface area contributed by atoms with Crippen molar-refractivity contribution in [2.75, 3.05) is 14.2 Å². The summed E-state index contributed by atoms with van der Waals surface area (Å²) in [4.78, 5) is 0. The minimum atomic E-state index is 0.536. The predicted molar refractivity (Wildman–Crippen MR) is 70.8 cm³/mol. The molecule has 1 aromatic carbocycles. The maximum atomic E-state index is 5.72. The molecule has 0 aliphatic carbocycles. The maximum absolute atomic E-state index is 5.72. The summed E-state index contributed by atoms with van der Waals surface area (Å²) >= 11 is 1.65. The second-order valence-electron chi connectivity index (χ2n) is 3.58. The fraction of sp³-hybridized carbons (Fsp3) is 0.231. The zero-order valence-electron chi connectivity index (χ0n) is 9.90. The maximum Gasteiger partial charge on any atom is 0.130 e. The highest BCUT2D eigenvalue weighted by atomic mass is 32.1. The van der Waals surface area contributed by atoms with Gasteiger partial charge in [0.2, 0.25) is 0 Å². The number of methoxy groups -OCH3 is 2. The molecule has 0 spiro atoms. The molecule has 0 saturated heterocycles. The molecule has 0 atom stereocenters. The minimum Gasteiger partial charge on any atom is -0.497 e. The van der Waals surface area contributed by atoms with Gasteiger partial charge in [-0.05, 0) is 28.5 Å². The molecule has 0 fully saturated rings. The zero-order valence-corrected chi connectivity index (χ0v) is 10.7. The number of thiophene rings is 1. The second kappa shape index (κ2) is 5.21. The molecule has 0 bridgehead atoms. The van der Waals surface area contributed by atoms with Crippen LogP contribution in [0.4, 0.5) is 0 Å². The Balaban J connectivity index is 2.51. The molecule has 1 heterocycles. The normalized spacial score (nSPS) is 10.3. The standard InChI is InChI=1S/C13H15NO2S/c1-15-10-3-4-11(13(5-10)16-2)12-8-17-7-9(12)6-14/h3-5,7-8H,6,14H2,1-2H3. The molecule has 0 saturated carbocycles. The third-order valence-corrected chi connectivity index (χ3v) is 3.45. The van der Waals surface area contributed by atoms with Gasteiger partial charge in [0, 0.05) is 23.7 Å². The molecule has 4 heteroatoms. The highest BCUT2D eigenvalue weighted by Crippen LogP contribution is 2.36. The van der Waals surface area contributed by atoms with Gasteiger partial charge in [-0.3, -0.25) is 0 Å². The van der Waals surface area contributed by atoms with Crippen LogP contribution in [0, 0.1) is 0 Å². The van der Waals surface area contributed by atoms with Gasteiger partial charge in [-0.1, -0.05) is 0 Å². The highest BCUT2D eigenvalue weighted by molar-refractivity contribution is 7.08. The minimum absolute atomic E-state index is 0.536. The van der Waals surface area contributed by atoms with Gasteiger partial charge >= 0.3 is 0 Å². The van der Waals surface area contributed by atoms with Crippen LogP contribution >= 0.6 is 11.3 Å². The topological polar surface area (TPSA) is 44.5 Å². The molecule has 2 N–H and O–H groups in total. The first-order valence-corrected chi connectivity index (χ1v) is 6.22. The Morgan fingerprint density at radius 2 is 1.94 bits per heavy atom. The van der Waals surface area contributed by atoms with Crippen LogP contribution in [0.5, 0.6) is 11.5 Å². The molecule has 90 valence electrons. The summed E-state index contributed by atoms with van der Waals surface area (Å²) in [5.74, 6) is 1.59. The van der Waals surface area contributed by atoms with E-state index in [1.807, 2.05) is 18.2 Å². The predicted octanol–water partition coefficient (Wildman–Crippen LogP) is 2.89. The number of rotatable bonds is 4. The van der Waals surface area contributed by atoms with Crippen LogP contribution in [0.1, 0.15) is 5.56 Å². The van der Waals surface area contributed by atoms with Crippen molar-refractivity contribution in [1.29, 1.82) is 0 Å². The third kappa shape index (κ3) is 2.28. The van der Waals surface area contributed by atoms with Gasteiger partial charge in [0.15, 0.2) is 0 Å². The van der Waals surface area contributed by atoms with Gasteiger partial charge < -0.3 is 15.2 Å². The molecular formula is C13H15NO2S. The van der Waals surface area contributed by atoms with E-state index >= 15 is 0 Å². The van der Waals surface area contributed by atoms with Crippen molar-refractivity contribution in [3.8, 4) is 22.6 Å². The summed E-state index contributed by atoms with van der Waals surface area (Å²) in [6, 6.07) is 5.81. The van der Waals surface area contributed by atoms with Crippen molar-refractivity contribution in [3.63, 3.8) is 0 Å². The fourth-order valence-electron chi connectivity index (χ4n) is 1.74. The monoisotopic (exact) mass is 249 g/mol. The third-order valence-electron chi connectivity index (χ3n) is 2.66. The van der Waals surface area contributed by atoms with Crippen molar-refractivity contribution in [1.82, 2.24) is 0 Å². The summed E-state index contributed by atoms with van der Waals surface area (Å²) in [7, 11) is 3.30. The molecule has 3 nitrogen and oxygen atoms in total. The van der Waals surface area contributed by atoms with Crippen LogP contribution in [0.25, 0.3) is 11.1 Å². The lowest BCUT2D eigenvalue weighted by atomic mass is 10.0. The number of hydrogen-bond acceptors (Lipinski definition) is 4. The van der Waals surface area contributed by atoms with Crippen LogP contribution < -0.4 is 15.2 Å². The van der Waals surface area contributed by atoms with Crippen molar-refractivity contribution in [2.24, 2.45) is 5.73 Å². The molecule has 2 aromatic rings. The summed E-state index contributed by atoms with van der Waals surface area (Å²) in [5.41, 5.74) is 9.05. The molecule has 2 rings (SSSR count). The fourth-order valence-corrected chi connectivity index (χ4v) is 2.61. The van der Waals surface area contributed by atoms with Gasteiger partial charge in [-0.2, -0.15) is 11.3 Å². The number of hydrogen-bond donors (Lipinski definition) is 1. The first kappa shape index (κ1) is 12.0. The van der Waals surface area contributed by atoms with E-state index in [1.165, 1.54) is 0 Å². The van der Waals surface area contributed by atoms with Crippen molar-refractivity contribution >= 4 is 11.3 Å². The van der Waals surface area contributed by atoms with E-state index in [0.717, 1.165) is 28.2 Å². The number of nitrogens with two attached hydrogens (primary N) is 1. The molecule has 0 aliphatic heterocycles. The molecular weight excluding hydrogens is 234 g/mol. The number of benzene rings is 1. The Hall–Kier alpha value is -1.52. The van der Waals surface area contributed by atoms with Gasteiger partial charge in [-0.15, -0.1) is 0 Å². The summed E-state index contributed by atoms with van der Waals surface area (Å²) < 4.78 is 10.6. The van der Waals surface area contributed by atoms with Crippen molar-refractivity contribution < 1.29 is 9.47 Å². The van der Waals surface area contributed by atoms with Gasteiger partial charge in [-0.25, -0.2) is 0 Å². The summed E-state index contributed by atoms with van der Waals surface area (Å²) in [6.07, 6.45) is 0. The molecule has 1 aromatic heterocycles. The average Bonchev–Trinajstić information content (AvgIpc) is 2.85. The van der Waals surface area contributed by atoms with Crippen molar-refractivity contribution in [3.05, 3.63) is 34.5 Å². The first-order chi connectivity index (χ1) is 8.30. The van der Waals surface area contributed by atoms with E-state index in [2.05, 4.69) is 10.8 Å². The Kier molecular flexibility index (Phi) is 3.66. The molecule has 0 radical (unpaired) electrons. The lowest BCUT2D eigenvalue weighted by molar-refractivity contribution is 0.395. The second-order valence-corrected chi connectivity index (χ2v) is 4.32. The van der Waals surface area contributed by atoms with E-state index in [9.17, 15) is 0 Å². The van der Waals surface area contributed by atoms with Gasteiger partial charge in [0.1, 0.15) is 11.5 Å². The average molecular weight is 249 g/mol. The summed E-state index contributed by atoms with van der Waals surface area (Å²) in [6.45, 7) is 0.536. The number of ether oxygens (including phenoxy) is 2. The molecule has 0 aliphatic rings. The molecule has 17 heavy (non-hydrogen) atoms. The van der Waals surface area contributed by atoms with Gasteiger partial charge in [0.05, 0.1) is 14.2 Å². The zero-order chi connectivity index (χ0) is 12.3. The lowest BCUT2D eigenvalue weighted by Crippen LogP contribution is -1.97. The molecule has 0 amide bonds. The van der Waals surface area contributed by atoms with Crippen LogP contribution in [0.2, 0.25) is 0 Å². The van der Waals surface area contributed by atoms with Crippen LogP contribution in [-0.2, 0) is 6.54 Å². The SMILES string of the molecule is COc1ccc(-c2cscc2CN)c(OC)c1. The highest BCUT2D eigenvalue weighted by Gasteiger charge is 2.11. The lowest BCUT2D eigenvalue weighted by Gasteiger charge is -2.10. The Morgan fingerprint density at radius 3 is 2.59 bits per heavy atom. The van der Waals surface area contributed by atoms with Crippen LogP contribution in [0.15, 0.2) is 29.0 Å². The van der Waals surface area contributed by atoms with Gasteiger partial charge in [0.25, 0.3) is 0 Å². The smallest absolute Gasteiger partial charge is 0.130 e. The Labute approximate surface area is 105 Å². The quantitative estimate of drug-likeness (QED) is 0.906. The summed E-state index contributed by atoms with van der Waals surface area (Å²) in [5, 5.41) is 4.16. The van der Waals surface area contributed by atoms with E-state index < -0.39 is 0 Å². The van der Waals surface area contributed by atoms with E-state index in [1.54, 1.807) is 25.6 Å². The van der Waals surface area contributed by atoms with Crippen LogP contribution in [-0.4, -0.2) is 14.2 Å². The van der Waals surface area contributed by atoms with E-state index in [-0.39, 0.29) is 0 Å². The Bertz CT molecular complexity index is 508. The molecule has 0 unspecified atom stereocenters. The first-order valence-electron chi connectivity index (χ1n) is 5.27. The largest absolute Gasteiger partial charge is 0.497 e. The Morgan fingerprint density at radius 1 is 1.12 bits per heavy atom. The van der Waals surface area contributed by atoms with Crippen LogP contribution in [0.3, 0.4) is 0 Å².